The van der Waals surface area contributed by atoms with Crippen LogP contribution in [0.1, 0.15) is 12.5 Å². The van der Waals surface area contributed by atoms with Gasteiger partial charge in [-0.15, -0.1) is 0 Å². The van der Waals surface area contributed by atoms with Crippen LogP contribution in [0.3, 0.4) is 0 Å². The van der Waals surface area contributed by atoms with Gasteiger partial charge in [0, 0.05) is 26.7 Å². The van der Waals surface area contributed by atoms with Crippen molar-refractivity contribution in [2.45, 2.75) is 13.5 Å². The number of carbonyl (C=O) groups excluding carboxylic acids is 1. The molecule has 0 bridgehead atoms. The van der Waals surface area contributed by atoms with Gasteiger partial charge < -0.3 is 0 Å². The predicted molar refractivity (Wildman–Crippen MR) is 54.5 cm³/mol. The minimum Gasteiger partial charge on any atom is -0.281 e. The Balaban J connectivity index is 2.46. The molecule has 1 N–H and O–H groups in total. The third kappa shape index (κ3) is 3.32. The average molecular weight is 214 g/mol. The van der Waals surface area contributed by atoms with Crippen LogP contribution in [0.25, 0.3) is 0 Å². The highest BCUT2D eigenvalue weighted by Gasteiger charge is 2.00. The molecular formula is C9H12ClN3O. The number of pyridine rings is 1. The fourth-order valence-electron chi connectivity index (χ4n) is 0.832. The molecule has 0 saturated heterocycles. The van der Waals surface area contributed by atoms with E-state index < -0.39 is 0 Å². The smallest absolute Gasteiger partial charge is 0.233 e. The summed E-state index contributed by atoms with van der Waals surface area (Å²) in [7, 11) is 1.67. The predicted octanol–water partition coefficient (Wildman–Crippen LogP) is 1.22. The number of nitrogens with one attached hydrogen (secondary N) is 1. The summed E-state index contributed by atoms with van der Waals surface area (Å²) in [6.45, 7) is 2.05. The van der Waals surface area contributed by atoms with Crippen molar-refractivity contribution in [1.29, 1.82) is 0 Å². The van der Waals surface area contributed by atoms with E-state index in [0.29, 0.717) is 11.7 Å². The molecular weight excluding hydrogens is 202 g/mol. The lowest BCUT2D eigenvalue weighted by Crippen LogP contribution is -2.37. The number of amides is 1. The molecule has 0 saturated carbocycles. The molecule has 14 heavy (non-hydrogen) atoms. The summed E-state index contributed by atoms with van der Waals surface area (Å²) in [6.07, 6.45) is 1.67. The Morgan fingerprint density at radius 2 is 2.36 bits per heavy atom. The lowest BCUT2D eigenvalue weighted by molar-refractivity contribution is -0.130. The number of halogens is 1. The van der Waals surface area contributed by atoms with Crippen LogP contribution in [0, 0.1) is 0 Å². The maximum absolute atomic E-state index is 10.8. The summed E-state index contributed by atoms with van der Waals surface area (Å²) in [6, 6.07) is 3.57. The molecule has 0 aliphatic carbocycles. The molecule has 0 spiro atoms. The largest absolute Gasteiger partial charge is 0.281 e. The van der Waals surface area contributed by atoms with Gasteiger partial charge in [0.2, 0.25) is 5.91 Å². The third-order valence-corrected chi connectivity index (χ3v) is 2.00. The molecule has 1 rings (SSSR count). The van der Waals surface area contributed by atoms with Crippen molar-refractivity contribution in [2.24, 2.45) is 0 Å². The van der Waals surface area contributed by atoms with Crippen LogP contribution in [0.15, 0.2) is 18.3 Å². The Morgan fingerprint density at radius 1 is 1.64 bits per heavy atom. The van der Waals surface area contributed by atoms with Crippen molar-refractivity contribution in [1.82, 2.24) is 15.4 Å². The van der Waals surface area contributed by atoms with E-state index >= 15 is 0 Å². The van der Waals surface area contributed by atoms with Gasteiger partial charge in [-0.3, -0.25) is 9.80 Å². The summed E-state index contributed by atoms with van der Waals surface area (Å²) in [5, 5.41) is 1.89. The van der Waals surface area contributed by atoms with Crippen molar-refractivity contribution in [3.63, 3.8) is 0 Å². The van der Waals surface area contributed by atoms with Gasteiger partial charge >= 0.3 is 0 Å². The van der Waals surface area contributed by atoms with Gasteiger partial charge in [0.1, 0.15) is 5.15 Å². The molecule has 1 heterocycles. The lowest BCUT2D eigenvalue weighted by Gasteiger charge is -2.15. The first-order valence-corrected chi connectivity index (χ1v) is 4.55. The van der Waals surface area contributed by atoms with Gasteiger partial charge in [-0.2, -0.15) is 0 Å². The summed E-state index contributed by atoms with van der Waals surface area (Å²) in [5.74, 6) is -0.0353. The van der Waals surface area contributed by atoms with Crippen LogP contribution in [-0.4, -0.2) is 22.9 Å². The highest BCUT2D eigenvalue weighted by molar-refractivity contribution is 6.29. The first-order chi connectivity index (χ1) is 6.59. The Bertz CT molecular complexity index is 312. The van der Waals surface area contributed by atoms with Crippen LogP contribution in [-0.2, 0) is 11.3 Å². The number of hydrogen-bond acceptors (Lipinski definition) is 3. The normalized spacial score (nSPS) is 9.93. The molecule has 0 atom stereocenters. The van der Waals surface area contributed by atoms with E-state index in [0.717, 1.165) is 5.56 Å². The van der Waals surface area contributed by atoms with E-state index in [2.05, 4.69) is 10.4 Å². The summed E-state index contributed by atoms with van der Waals surface area (Å²) < 4.78 is 0. The molecule has 0 aliphatic heterocycles. The molecule has 1 amide bonds. The molecule has 76 valence electrons. The Kier molecular flexibility index (Phi) is 3.85. The van der Waals surface area contributed by atoms with Gasteiger partial charge in [-0.05, 0) is 11.6 Å². The van der Waals surface area contributed by atoms with Crippen LogP contribution >= 0.6 is 11.6 Å². The first kappa shape index (κ1) is 10.9. The molecule has 0 aromatic carbocycles. The maximum atomic E-state index is 10.8. The quantitative estimate of drug-likeness (QED) is 0.607. The monoisotopic (exact) mass is 213 g/mol. The number of hydrogen-bond donors (Lipinski definition) is 1. The van der Waals surface area contributed by atoms with Crippen molar-refractivity contribution < 1.29 is 4.79 Å². The van der Waals surface area contributed by atoms with Crippen molar-refractivity contribution >= 4 is 17.5 Å². The van der Waals surface area contributed by atoms with Gasteiger partial charge in [-0.25, -0.2) is 10.4 Å². The molecule has 0 aliphatic rings. The van der Waals surface area contributed by atoms with Crippen molar-refractivity contribution in [2.75, 3.05) is 7.05 Å². The standard InChI is InChI=1S/C9H12ClN3O/c1-7(14)13(2)12-6-8-3-4-9(10)11-5-8/h3-5,12H,6H2,1-2H3. The Labute approximate surface area is 87.9 Å². The fraction of sp³-hybridized carbons (Fsp3) is 0.333. The van der Waals surface area contributed by atoms with E-state index in [1.165, 1.54) is 11.9 Å². The summed E-state index contributed by atoms with van der Waals surface area (Å²) in [4.78, 5) is 14.8. The molecule has 1 aromatic rings. The van der Waals surface area contributed by atoms with Crippen LogP contribution in [0.4, 0.5) is 0 Å². The number of nitrogens with zero attached hydrogens (tertiary/aromatic N) is 2. The van der Waals surface area contributed by atoms with E-state index in [1.54, 1.807) is 19.3 Å². The van der Waals surface area contributed by atoms with E-state index in [-0.39, 0.29) is 5.91 Å². The van der Waals surface area contributed by atoms with Gasteiger partial charge in [0.15, 0.2) is 0 Å². The number of aromatic nitrogens is 1. The number of carbonyl (C=O) groups is 1. The third-order valence-electron chi connectivity index (χ3n) is 1.78. The van der Waals surface area contributed by atoms with E-state index in [9.17, 15) is 4.79 Å². The zero-order valence-corrected chi connectivity index (χ0v) is 8.88. The second kappa shape index (κ2) is 4.93. The number of rotatable bonds is 3. The molecule has 0 unspecified atom stereocenters. The van der Waals surface area contributed by atoms with Crippen LogP contribution in [0.5, 0.6) is 0 Å². The van der Waals surface area contributed by atoms with Gasteiger partial charge in [-0.1, -0.05) is 17.7 Å². The average Bonchev–Trinajstić information content (AvgIpc) is 2.16. The number of hydrazine groups is 1. The fourth-order valence-corrected chi connectivity index (χ4v) is 0.944. The summed E-state index contributed by atoms with van der Waals surface area (Å²) in [5.41, 5.74) is 3.89. The lowest BCUT2D eigenvalue weighted by atomic mass is 10.3. The Hall–Kier alpha value is -1.13. The maximum Gasteiger partial charge on any atom is 0.233 e. The van der Waals surface area contributed by atoms with Crippen LogP contribution in [0.2, 0.25) is 5.15 Å². The van der Waals surface area contributed by atoms with E-state index in [1.807, 2.05) is 6.07 Å². The zero-order valence-electron chi connectivity index (χ0n) is 8.12. The van der Waals surface area contributed by atoms with Gasteiger partial charge in [0.05, 0.1) is 0 Å². The topological polar surface area (TPSA) is 45.2 Å². The molecule has 0 fully saturated rings. The summed E-state index contributed by atoms with van der Waals surface area (Å²) >= 11 is 5.63. The molecule has 0 radical (unpaired) electrons. The first-order valence-electron chi connectivity index (χ1n) is 4.18. The van der Waals surface area contributed by atoms with E-state index in [4.69, 9.17) is 11.6 Å². The van der Waals surface area contributed by atoms with Gasteiger partial charge in [0.25, 0.3) is 0 Å². The highest BCUT2D eigenvalue weighted by atomic mass is 35.5. The SMILES string of the molecule is CC(=O)N(C)NCc1ccc(Cl)nc1. The van der Waals surface area contributed by atoms with Crippen LogP contribution < -0.4 is 5.43 Å². The second-order valence-corrected chi connectivity index (χ2v) is 3.29. The second-order valence-electron chi connectivity index (χ2n) is 2.90. The zero-order chi connectivity index (χ0) is 10.6. The molecule has 4 nitrogen and oxygen atoms in total. The van der Waals surface area contributed by atoms with Crippen molar-refractivity contribution in [3.8, 4) is 0 Å². The molecule has 5 heteroatoms. The van der Waals surface area contributed by atoms with Crippen molar-refractivity contribution in [3.05, 3.63) is 29.0 Å². The minimum absolute atomic E-state index is 0.0353. The minimum atomic E-state index is -0.0353. The molecule has 1 aromatic heterocycles. The highest BCUT2D eigenvalue weighted by Crippen LogP contribution is 2.04. The Morgan fingerprint density at radius 3 is 2.86 bits per heavy atom.